The topological polar surface area (TPSA) is 46.5 Å². The van der Waals surface area contributed by atoms with E-state index in [1.54, 1.807) is 36.4 Å². The summed E-state index contributed by atoms with van der Waals surface area (Å²) in [7, 11) is 0. The largest absolute Gasteiger partial charge is 0.457 e. The van der Waals surface area contributed by atoms with E-state index < -0.39 is 0 Å². The number of rotatable bonds is 10. The van der Waals surface area contributed by atoms with Crippen LogP contribution in [0.2, 0.25) is 0 Å². The first-order chi connectivity index (χ1) is 17.0. The summed E-state index contributed by atoms with van der Waals surface area (Å²) >= 11 is 0. The maximum Gasteiger partial charge on any atom is 0.193 e. The highest BCUT2D eigenvalue weighted by Crippen LogP contribution is 2.41. The monoisotopic (exact) mass is 468 g/mol. The first kappa shape index (κ1) is 26.3. The molecule has 35 heavy (non-hydrogen) atoms. The highest BCUT2D eigenvalue weighted by atomic mass is 16.5. The van der Waals surface area contributed by atoms with Crippen LogP contribution < -0.4 is 4.74 Å². The molecule has 0 saturated heterocycles. The molecule has 0 aromatic heterocycles. The van der Waals surface area contributed by atoms with E-state index in [2.05, 4.69) is 51.7 Å². The van der Waals surface area contributed by atoms with E-state index >= 15 is 0 Å². The molecule has 1 atom stereocenters. The van der Waals surface area contributed by atoms with Gasteiger partial charge in [-0.15, -0.1) is 5.92 Å². The molecule has 0 amide bonds. The minimum Gasteiger partial charge on any atom is -0.457 e. The summed E-state index contributed by atoms with van der Waals surface area (Å²) in [6, 6.07) is 22.6. The minimum atomic E-state index is -0.0877. The van der Waals surface area contributed by atoms with Crippen LogP contribution >= 0.6 is 0 Å². The van der Waals surface area contributed by atoms with Gasteiger partial charge in [0.25, 0.3) is 0 Å². The van der Waals surface area contributed by atoms with Crippen LogP contribution in [0.15, 0.2) is 72.8 Å². The molecule has 0 aliphatic carbocycles. The Morgan fingerprint density at radius 1 is 0.886 bits per heavy atom. The van der Waals surface area contributed by atoms with E-state index in [0.717, 1.165) is 37.0 Å². The lowest BCUT2D eigenvalue weighted by molar-refractivity contribution is 0.103. The van der Waals surface area contributed by atoms with Crippen molar-refractivity contribution in [1.82, 2.24) is 0 Å². The van der Waals surface area contributed by atoms with E-state index in [1.807, 2.05) is 24.3 Å². The number of carbonyl (C=O) groups is 1. The Bertz CT molecular complexity index is 1160. The highest BCUT2D eigenvalue weighted by molar-refractivity contribution is 6.09. The number of aliphatic hydroxyl groups is 1. The van der Waals surface area contributed by atoms with Crippen molar-refractivity contribution in [2.45, 2.75) is 65.4 Å². The SMILES string of the molecule is CCC#CC(CC)C(CC)(CC)c1ccc(Oc2ccc(C(=O)c3cccc(CO)c3)cc2)cc1. The fraction of sp³-hybridized carbons (Fsp3) is 0.344. The van der Waals surface area contributed by atoms with Gasteiger partial charge in [-0.3, -0.25) is 4.79 Å². The van der Waals surface area contributed by atoms with E-state index in [1.165, 1.54) is 5.56 Å². The molecule has 182 valence electrons. The molecule has 0 spiro atoms. The van der Waals surface area contributed by atoms with Gasteiger partial charge in [-0.25, -0.2) is 0 Å². The second-order valence-electron chi connectivity index (χ2n) is 8.84. The lowest BCUT2D eigenvalue weighted by atomic mass is 9.66. The first-order valence-corrected chi connectivity index (χ1v) is 12.6. The number of carbonyl (C=O) groups excluding carboxylic acids is 1. The van der Waals surface area contributed by atoms with Crippen molar-refractivity contribution in [3.8, 4) is 23.3 Å². The third-order valence-electron chi connectivity index (χ3n) is 6.94. The maximum atomic E-state index is 12.8. The van der Waals surface area contributed by atoms with Crippen molar-refractivity contribution in [1.29, 1.82) is 0 Å². The lowest BCUT2D eigenvalue weighted by Gasteiger charge is -2.37. The van der Waals surface area contributed by atoms with Crippen LogP contribution in [0.3, 0.4) is 0 Å². The second kappa shape index (κ2) is 12.4. The maximum absolute atomic E-state index is 12.8. The zero-order valence-corrected chi connectivity index (χ0v) is 21.3. The molecule has 3 heteroatoms. The predicted octanol–water partition coefficient (Wildman–Crippen LogP) is 7.70. The number of ketones is 1. The van der Waals surface area contributed by atoms with E-state index in [9.17, 15) is 9.90 Å². The van der Waals surface area contributed by atoms with E-state index in [0.29, 0.717) is 22.8 Å². The van der Waals surface area contributed by atoms with Crippen molar-refractivity contribution in [3.63, 3.8) is 0 Å². The third-order valence-corrected chi connectivity index (χ3v) is 6.94. The van der Waals surface area contributed by atoms with Gasteiger partial charge in [-0.2, -0.15) is 0 Å². The van der Waals surface area contributed by atoms with Crippen LogP contribution in [-0.2, 0) is 12.0 Å². The summed E-state index contributed by atoms with van der Waals surface area (Å²) in [5.74, 6) is 8.52. The molecule has 0 aliphatic rings. The molecule has 3 nitrogen and oxygen atoms in total. The summed E-state index contributed by atoms with van der Waals surface area (Å²) in [4.78, 5) is 12.8. The number of hydrogen-bond donors (Lipinski definition) is 1. The molecular weight excluding hydrogens is 432 g/mol. The zero-order chi connectivity index (χ0) is 25.3. The predicted molar refractivity (Wildman–Crippen MR) is 143 cm³/mol. The summed E-state index contributed by atoms with van der Waals surface area (Å²) in [5, 5.41) is 9.32. The van der Waals surface area contributed by atoms with E-state index in [-0.39, 0.29) is 17.8 Å². The minimum absolute atomic E-state index is 0.0325. The molecule has 1 unspecified atom stereocenters. The molecule has 3 rings (SSSR count). The van der Waals surface area contributed by atoms with Gasteiger partial charge in [0.2, 0.25) is 0 Å². The van der Waals surface area contributed by atoms with Crippen LogP contribution in [-0.4, -0.2) is 10.9 Å². The van der Waals surface area contributed by atoms with Gasteiger partial charge in [0.15, 0.2) is 5.78 Å². The molecule has 0 heterocycles. The first-order valence-electron chi connectivity index (χ1n) is 12.6. The quantitative estimate of drug-likeness (QED) is 0.245. The summed E-state index contributed by atoms with van der Waals surface area (Å²) < 4.78 is 6.07. The fourth-order valence-electron chi connectivity index (χ4n) is 4.85. The van der Waals surface area contributed by atoms with Crippen LogP contribution in [0, 0.1) is 17.8 Å². The van der Waals surface area contributed by atoms with Crippen LogP contribution in [0.1, 0.15) is 80.4 Å². The van der Waals surface area contributed by atoms with Gasteiger partial charge in [-0.05, 0) is 72.9 Å². The summed E-state index contributed by atoms with van der Waals surface area (Å²) in [6.07, 6.45) is 3.99. The molecule has 0 fully saturated rings. The fourth-order valence-corrected chi connectivity index (χ4v) is 4.85. The zero-order valence-electron chi connectivity index (χ0n) is 21.3. The van der Waals surface area contributed by atoms with Gasteiger partial charge in [0, 0.05) is 28.9 Å². The second-order valence-corrected chi connectivity index (χ2v) is 8.84. The average Bonchev–Trinajstić information content (AvgIpc) is 2.92. The standard InChI is InChI=1S/C32H36O3/c1-5-9-13-27(6-2)32(7-3,8-4)28-16-20-30(21-17-28)35-29-18-14-25(15-19-29)31(34)26-12-10-11-24(22-26)23-33/h10-12,14-22,27,33H,5-8,23H2,1-4H3. The van der Waals surface area contributed by atoms with Crippen molar-refractivity contribution in [3.05, 3.63) is 95.1 Å². The van der Waals surface area contributed by atoms with Crippen LogP contribution in [0.25, 0.3) is 0 Å². The van der Waals surface area contributed by atoms with Crippen LogP contribution in [0.4, 0.5) is 0 Å². The Hall–Kier alpha value is -3.35. The average molecular weight is 469 g/mol. The Morgan fingerprint density at radius 2 is 1.51 bits per heavy atom. The molecule has 0 bridgehead atoms. The molecule has 3 aromatic carbocycles. The number of aliphatic hydroxyl groups excluding tert-OH is 1. The lowest BCUT2D eigenvalue weighted by Crippen LogP contribution is -2.33. The third kappa shape index (κ3) is 6.02. The Morgan fingerprint density at radius 3 is 2.06 bits per heavy atom. The van der Waals surface area contributed by atoms with Gasteiger partial charge in [0.1, 0.15) is 11.5 Å². The van der Waals surface area contributed by atoms with Crippen LogP contribution in [0.5, 0.6) is 11.5 Å². The number of ether oxygens (including phenoxy) is 1. The van der Waals surface area contributed by atoms with Gasteiger partial charge in [0.05, 0.1) is 6.61 Å². The molecule has 1 N–H and O–H groups in total. The highest BCUT2D eigenvalue weighted by Gasteiger charge is 2.35. The molecular formula is C32H36O3. The Balaban J connectivity index is 1.76. The van der Waals surface area contributed by atoms with Crippen molar-refractivity contribution in [2.75, 3.05) is 0 Å². The Kier molecular flexibility index (Phi) is 9.29. The Labute approximate surface area is 210 Å². The molecule has 0 saturated carbocycles. The normalized spacial score (nSPS) is 11.9. The smallest absolute Gasteiger partial charge is 0.193 e. The van der Waals surface area contributed by atoms with Gasteiger partial charge >= 0.3 is 0 Å². The van der Waals surface area contributed by atoms with Gasteiger partial charge < -0.3 is 9.84 Å². The molecule has 0 radical (unpaired) electrons. The molecule has 3 aromatic rings. The summed E-state index contributed by atoms with van der Waals surface area (Å²) in [6.45, 7) is 8.75. The summed E-state index contributed by atoms with van der Waals surface area (Å²) in [5.41, 5.74) is 3.20. The van der Waals surface area contributed by atoms with Crippen molar-refractivity contribution >= 4 is 5.78 Å². The van der Waals surface area contributed by atoms with Gasteiger partial charge in [-0.1, -0.05) is 63.9 Å². The molecule has 0 aliphatic heterocycles. The number of benzene rings is 3. The van der Waals surface area contributed by atoms with Crippen molar-refractivity contribution < 1.29 is 14.6 Å². The van der Waals surface area contributed by atoms with E-state index in [4.69, 9.17) is 4.74 Å². The van der Waals surface area contributed by atoms with Crippen molar-refractivity contribution in [2.24, 2.45) is 5.92 Å². The number of hydrogen-bond acceptors (Lipinski definition) is 3.